The molecule has 1 fully saturated rings. The fraction of sp³-hybridized carbons (Fsp3) is 0.750. The van der Waals surface area contributed by atoms with Crippen molar-refractivity contribution in [2.45, 2.75) is 12.2 Å². The minimum absolute atomic E-state index is 0.453. The van der Waals surface area contributed by atoms with Gasteiger partial charge in [-0.3, -0.25) is 18.0 Å². The van der Waals surface area contributed by atoms with Gasteiger partial charge in [-0.05, 0) is 0 Å². The largest absolute Gasteiger partial charge is 0.346 e. The molecule has 0 saturated carbocycles. The van der Waals surface area contributed by atoms with E-state index < -0.39 is 35.4 Å². The van der Waals surface area contributed by atoms with Crippen LogP contribution in [0.15, 0.2) is 0 Å². The molecule has 2 unspecified atom stereocenters. The summed E-state index contributed by atoms with van der Waals surface area (Å²) in [5.41, 5.74) is 0. The Morgan fingerprint density at radius 2 is 1.25 bits per heavy atom. The predicted octanol–water partition coefficient (Wildman–Crippen LogP) is -1.47. The van der Waals surface area contributed by atoms with E-state index in [9.17, 15) is 13.8 Å². The molecule has 0 aromatic rings. The predicted molar refractivity (Wildman–Crippen MR) is 55.3 cm³/mol. The van der Waals surface area contributed by atoms with Gasteiger partial charge in [-0.2, -0.15) is 4.21 Å². The van der Waals surface area contributed by atoms with Crippen LogP contribution in [0.1, 0.15) is 0 Å². The lowest BCUT2D eigenvalue weighted by molar-refractivity contribution is -0.146. The lowest BCUT2D eigenvalue weighted by atomic mass is 10.1. The van der Waals surface area contributed by atoms with Crippen LogP contribution in [-0.4, -0.2) is 66.2 Å². The Balaban J connectivity index is 2.86. The summed E-state index contributed by atoms with van der Waals surface area (Å²) in [5, 5.41) is 0. The van der Waals surface area contributed by atoms with Crippen LogP contribution < -0.4 is 0 Å². The lowest BCUT2D eigenvalue weighted by Gasteiger charge is -2.20. The first-order valence-electron chi connectivity index (χ1n) is 4.53. The molecule has 0 spiro atoms. The van der Waals surface area contributed by atoms with Gasteiger partial charge < -0.3 is 9.80 Å². The molecule has 1 rings (SSSR count). The van der Waals surface area contributed by atoms with Crippen LogP contribution >= 0.6 is 0 Å². The van der Waals surface area contributed by atoms with Gasteiger partial charge in [0.1, 0.15) is 0 Å². The van der Waals surface area contributed by atoms with E-state index in [-0.39, 0.29) is 0 Å². The summed E-state index contributed by atoms with van der Waals surface area (Å²) in [5.74, 6) is -0.905. The van der Waals surface area contributed by atoms with E-state index in [0.717, 1.165) is 0 Å². The fourth-order valence-corrected chi connectivity index (χ4v) is 1.89. The molecule has 92 valence electrons. The summed E-state index contributed by atoms with van der Waals surface area (Å²) in [6, 6.07) is 0. The van der Waals surface area contributed by atoms with Gasteiger partial charge in [-0.25, -0.2) is 0 Å². The van der Waals surface area contributed by atoms with Gasteiger partial charge in [0.05, 0.1) is 0 Å². The van der Waals surface area contributed by atoms with E-state index in [1.165, 1.54) is 38.0 Å². The van der Waals surface area contributed by atoms with Crippen molar-refractivity contribution in [2.75, 3.05) is 28.2 Å². The molecule has 1 heterocycles. The Morgan fingerprint density at radius 3 is 1.50 bits per heavy atom. The van der Waals surface area contributed by atoms with E-state index in [4.69, 9.17) is 8.37 Å². The van der Waals surface area contributed by atoms with Crippen LogP contribution in [0.2, 0.25) is 0 Å². The minimum atomic E-state index is -2.05. The van der Waals surface area contributed by atoms with Crippen LogP contribution in [0, 0.1) is 0 Å². The molecule has 0 radical (unpaired) electrons. The Hall–Kier alpha value is -0.990. The quantitative estimate of drug-likeness (QED) is 0.598. The van der Waals surface area contributed by atoms with Crippen molar-refractivity contribution < 1.29 is 22.2 Å². The standard InChI is InChI=1S/C8H14N2O5S/c1-9(2)7(11)5-6(8(12)10(3)4)15-16(13)14-5/h5-6H,1-4H3. The summed E-state index contributed by atoms with van der Waals surface area (Å²) in [7, 11) is 6.07. The molecule has 1 aliphatic heterocycles. The van der Waals surface area contributed by atoms with Crippen LogP contribution in [0.25, 0.3) is 0 Å². The van der Waals surface area contributed by atoms with Gasteiger partial charge in [0.25, 0.3) is 11.8 Å². The molecule has 2 atom stereocenters. The molecule has 1 saturated heterocycles. The summed E-state index contributed by atoms with van der Waals surface area (Å²) in [6.07, 6.45) is -2.29. The van der Waals surface area contributed by atoms with E-state index in [2.05, 4.69) is 0 Å². The third-order valence-corrected chi connectivity index (χ3v) is 2.74. The average Bonchev–Trinajstić information content (AvgIpc) is 2.57. The molecule has 2 amide bonds. The highest BCUT2D eigenvalue weighted by Gasteiger charge is 2.46. The number of rotatable bonds is 2. The lowest BCUT2D eigenvalue weighted by Crippen LogP contribution is -2.47. The fourth-order valence-electron chi connectivity index (χ4n) is 1.14. The maximum Gasteiger partial charge on any atom is 0.306 e. The van der Waals surface area contributed by atoms with Crippen molar-refractivity contribution in [1.29, 1.82) is 0 Å². The normalized spacial score (nSPS) is 28.9. The topological polar surface area (TPSA) is 76.1 Å². The SMILES string of the molecule is CN(C)C(=O)C1OS(=O)OC1C(=O)N(C)C. The molecule has 7 nitrogen and oxygen atoms in total. The highest BCUT2D eigenvalue weighted by molar-refractivity contribution is 7.75. The zero-order chi connectivity index (χ0) is 12.5. The van der Waals surface area contributed by atoms with Crippen molar-refractivity contribution in [3.8, 4) is 0 Å². The summed E-state index contributed by atoms with van der Waals surface area (Å²) in [4.78, 5) is 25.8. The number of amides is 2. The van der Waals surface area contributed by atoms with E-state index >= 15 is 0 Å². The third kappa shape index (κ3) is 2.57. The molecular formula is C8H14N2O5S. The van der Waals surface area contributed by atoms with E-state index in [1.54, 1.807) is 0 Å². The number of hydrogen-bond acceptors (Lipinski definition) is 5. The second-order valence-corrected chi connectivity index (χ2v) is 4.50. The Morgan fingerprint density at radius 1 is 0.938 bits per heavy atom. The number of carbonyl (C=O) groups excluding carboxylic acids is 2. The molecule has 0 aromatic carbocycles. The van der Waals surface area contributed by atoms with Crippen molar-refractivity contribution in [2.24, 2.45) is 0 Å². The van der Waals surface area contributed by atoms with Crippen LogP contribution in [0.5, 0.6) is 0 Å². The van der Waals surface area contributed by atoms with Crippen molar-refractivity contribution in [3.05, 3.63) is 0 Å². The minimum Gasteiger partial charge on any atom is -0.346 e. The van der Waals surface area contributed by atoms with Gasteiger partial charge in [0.15, 0.2) is 12.2 Å². The average molecular weight is 250 g/mol. The monoisotopic (exact) mass is 250 g/mol. The van der Waals surface area contributed by atoms with Gasteiger partial charge in [0.2, 0.25) is 0 Å². The molecule has 0 N–H and O–H groups in total. The maximum atomic E-state index is 11.6. The summed E-state index contributed by atoms with van der Waals surface area (Å²) in [6.45, 7) is 0. The molecule has 0 aliphatic carbocycles. The zero-order valence-corrected chi connectivity index (χ0v) is 10.3. The van der Waals surface area contributed by atoms with Crippen LogP contribution in [0.3, 0.4) is 0 Å². The van der Waals surface area contributed by atoms with Crippen LogP contribution in [-0.2, 0) is 29.3 Å². The molecule has 1 aliphatic rings. The van der Waals surface area contributed by atoms with Crippen LogP contribution in [0.4, 0.5) is 0 Å². The van der Waals surface area contributed by atoms with E-state index in [0.29, 0.717) is 0 Å². The third-order valence-electron chi connectivity index (χ3n) is 2.01. The molecule has 0 aromatic heterocycles. The van der Waals surface area contributed by atoms with Gasteiger partial charge >= 0.3 is 11.4 Å². The number of carbonyl (C=O) groups is 2. The van der Waals surface area contributed by atoms with Crippen molar-refractivity contribution >= 4 is 23.2 Å². The van der Waals surface area contributed by atoms with Gasteiger partial charge in [0, 0.05) is 28.2 Å². The second-order valence-electron chi connectivity index (χ2n) is 3.70. The smallest absolute Gasteiger partial charge is 0.306 e. The number of nitrogens with zero attached hydrogens (tertiary/aromatic N) is 2. The maximum absolute atomic E-state index is 11.6. The first-order valence-corrected chi connectivity index (χ1v) is 5.53. The molecule has 8 heteroatoms. The Labute approximate surface area is 96.2 Å². The highest BCUT2D eigenvalue weighted by atomic mass is 32.2. The Bertz CT molecular complexity index is 300. The molecule has 0 bridgehead atoms. The number of hydrogen-bond donors (Lipinski definition) is 0. The van der Waals surface area contributed by atoms with Crippen molar-refractivity contribution in [1.82, 2.24) is 9.80 Å². The first-order chi connectivity index (χ1) is 7.34. The summed E-state index contributed by atoms with van der Waals surface area (Å²) >= 11 is -2.05. The Kier molecular flexibility index (Phi) is 4.00. The molecular weight excluding hydrogens is 236 g/mol. The number of likely N-dealkylation sites (N-methyl/N-ethyl adjacent to an activating group) is 2. The molecule has 16 heavy (non-hydrogen) atoms. The highest BCUT2D eigenvalue weighted by Crippen LogP contribution is 2.20. The second kappa shape index (κ2) is 4.89. The zero-order valence-electron chi connectivity index (χ0n) is 9.50. The van der Waals surface area contributed by atoms with Crippen molar-refractivity contribution in [3.63, 3.8) is 0 Å². The van der Waals surface area contributed by atoms with Gasteiger partial charge in [-0.1, -0.05) is 0 Å². The first kappa shape index (κ1) is 13.1. The van der Waals surface area contributed by atoms with Gasteiger partial charge in [-0.15, -0.1) is 0 Å². The summed E-state index contributed by atoms with van der Waals surface area (Å²) < 4.78 is 20.6. The van der Waals surface area contributed by atoms with E-state index in [1.807, 2.05) is 0 Å².